The molecule has 2 aliphatic heterocycles. The zero-order chi connectivity index (χ0) is 37.6. The van der Waals surface area contributed by atoms with E-state index in [-0.39, 0.29) is 17.7 Å². The third kappa shape index (κ3) is 7.33. The normalized spacial score (nSPS) is 19.7. The second-order valence-electron chi connectivity index (χ2n) is 15.6. The molecule has 0 unspecified atom stereocenters. The third-order valence-electron chi connectivity index (χ3n) is 12.0. The van der Waals surface area contributed by atoms with E-state index in [0.29, 0.717) is 35.8 Å². The number of nitrogens with one attached hydrogen (secondary N) is 1. The maximum atomic E-state index is 16.1. The average Bonchev–Trinajstić information content (AvgIpc) is 3.65. The minimum absolute atomic E-state index is 0.210. The Morgan fingerprint density at radius 1 is 0.887 bits per heavy atom. The summed E-state index contributed by atoms with van der Waals surface area (Å²) < 4.78 is 20.0. The predicted octanol–water partition coefficient (Wildman–Crippen LogP) is 7.17. The number of rotatable bonds is 9. The fourth-order valence-corrected chi connectivity index (χ4v) is 8.64. The van der Waals surface area contributed by atoms with Crippen molar-refractivity contribution in [2.45, 2.75) is 85.4 Å². The molecule has 1 amide bonds. The molecule has 0 radical (unpaired) electrons. The van der Waals surface area contributed by atoms with E-state index in [0.717, 1.165) is 115 Å². The van der Waals surface area contributed by atoms with Crippen LogP contribution in [0.3, 0.4) is 0 Å². The molecule has 4 heterocycles. The highest BCUT2D eigenvalue weighted by molar-refractivity contribution is 6.03. The summed E-state index contributed by atoms with van der Waals surface area (Å²) in [5.74, 6) is -0.272. The van der Waals surface area contributed by atoms with Gasteiger partial charge in [-0.25, -0.2) is 14.4 Å². The maximum absolute atomic E-state index is 16.1. The van der Waals surface area contributed by atoms with E-state index in [1.807, 2.05) is 73.5 Å². The van der Waals surface area contributed by atoms with Gasteiger partial charge in [-0.1, -0.05) is 30.3 Å². The largest absolute Gasteiger partial charge is 0.481 e. The van der Waals surface area contributed by atoms with Crippen molar-refractivity contribution in [1.82, 2.24) is 28.9 Å². The van der Waals surface area contributed by atoms with E-state index >= 15 is 4.39 Å². The molecule has 280 valence electrons. The molecule has 2 N–H and O–H groups in total. The highest BCUT2D eigenvalue weighted by Gasteiger charge is 2.30. The van der Waals surface area contributed by atoms with Gasteiger partial charge in [-0.3, -0.25) is 19.4 Å². The van der Waals surface area contributed by atoms with Gasteiger partial charge in [0.1, 0.15) is 0 Å². The molecule has 1 aliphatic carbocycles. The molecule has 0 spiro atoms. The lowest BCUT2D eigenvalue weighted by Crippen LogP contribution is -2.36. The van der Waals surface area contributed by atoms with Gasteiger partial charge in [0.05, 0.1) is 17.3 Å². The molecular formula is C42H52FN7O3. The SMILES string of the molecule is Cc1c(/C=C(\F)c2nc3c(n2C)CCN(C[C@H]2CC[C@H](C(=O)O)CC2)C3)cccc1-c1cccc(NC(=O)c2nc3c(n2C)CCN(C(C)C)C3)c1C. The van der Waals surface area contributed by atoms with Crippen molar-refractivity contribution in [3.63, 3.8) is 0 Å². The zero-order valence-electron chi connectivity index (χ0n) is 31.9. The van der Waals surface area contributed by atoms with Crippen LogP contribution in [-0.2, 0) is 44.8 Å². The van der Waals surface area contributed by atoms with Crippen molar-refractivity contribution in [3.8, 4) is 11.1 Å². The van der Waals surface area contributed by atoms with Crippen molar-refractivity contribution in [1.29, 1.82) is 0 Å². The number of fused-ring (bicyclic) bond motifs is 2. The Hall–Kier alpha value is -4.61. The van der Waals surface area contributed by atoms with Gasteiger partial charge in [0, 0.05) is 82.8 Å². The van der Waals surface area contributed by atoms with Crippen molar-refractivity contribution in [3.05, 3.63) is 87.5 Å². The fraction of sp³-hybridized carbons (Fsp3) is 0.476. The molecule has 3 aliphatic rings. The van der Waals surface area contributed by atoms with Crippen molar-refractivity contribution < 1.29 is 19.1 Å². The summed E-state index contributed by atoms with van der Waals surface area (Å²) in [4.78, 5) is 39.3. The first-order chi connectivity index (χ1) is 25.4. The topological polar surface area (TPSA) is 109 Å². The summed E-state index contributed by atoms with van der Waals surface area (Å²) >= 11 is 0. The summed E-state index contributed by atoms with van der Waals surface area (Å²) in [6.07, 6.45) is 6.61. The Balaban J connectivity index is 1.07. The van der Waals surface area contributed by atoms with Gasteiger partial charge < -0.3 is 19.6 Å². The Bertz CT molecular complexity index is 2070. The first-order valence-corrected chi connectivity index (χ1v) is 19.1. The number of hydrogen-bond acceptors (Lipinski definition) is 6. The monoisotopic (exact) mass is 721 g/mol. The van der Waals surface area contributed by atoms with E-state index in [9.17, 15) is 14.7 Å². The number of aliphatic carboxylic acids is 1. The first kappa shape index (κ1) is 36.7. The number of aromatic nitrogens is 4. The Morgan fingerprint density at radius 2 is 1.51 bits per heavy atom. The lowest BCUT2D eigenvalue weighted by molar-refractivity contribution is -0.143. The molecule has 10 nitrogen and oxygen atoms in total. The molecule has 0 saturated heterocycles. The minimum atomic E-state index is -0.674. The summed E-state index contributed by atoms with van der Waals surface area (Å²) in [5, 5.41) is 12.5. The molecule has 7 rings (SSSR count). The van der Waals surface area contributed by atoms with E-state index in [1.54, 1.807) is 6.08 Å². The second-order valence-corrected chi connectivity index (χ2v) is 15.6. The van der Waals surface area contributed by atoms with Gasteiger partial charge in [-0.2, -0.15) is 0 Å². The van der Waals surface area contributed by atoms with Gasteiger partial charge >= 0.3 is 5.97 Å². The molecule has 2 aromatic carbocycles. The smallest absolute Gasteiger partial charge is 0.306 e. The molecule has 0 atom stereocenters. The van der Waals surface area contributed by atoms with Gasteiger partial charge in [-0.15, -0.1) is 0 Å². The lowest BCUT2D eigenvalue weighted by Gasteiger charge is -2.33. The number of nitrogens with zero attached hydrogens (tertiary/aromatic N) is 6. The number of halogens is 1. The van der Waals surface area contributed by atoms with Crippen LogP contribution in [0.1, 0.15) is 95.4 Å². The van der Waals surface area contributed by atoms with Crippen LogP contribution in [0.15, 0.2) is 36.4 Å². The Kier molecular flexibility index (Phi) is 10.4. The van der Waals surface area contributed by atoms with Crippen LogP contribution < -0.4 is 5.32 Å². The molecular weight excluding hydrogens is 670 g/mol. The number of carbonyl (C=O) groups is 2. The van der Waals surface area contributed by atoms with Gasteiger partial charge in [0.15, 0.2) is 17.5 Å². The molecule has 1 saturated carbocycles. The average molecular weight is 722 g/mol. The van der Waals surface area contributed by atoms with Gasteiger partial charge in [0.2, 0.25) is 0 Å². The van der Waals surface area contributed by atoms with Crippen LogP contribution >= 0.6 is 0 Å². The number of hydrogen-bond donors (Lipinski definition) is 2. The highest BCUT2D eigenvalue weighted by atomic mass is 19.1. The van der Waals surface area contributed by atoms with Crippen LogP contribution in [0, 0.1) is 25.7 Å². The molecule has 2 aromatic heterocycles. The fourth-order valence-electron chi connectivity index (χ4n) is 8.64. The van der Waals surface area contributed by atoms with E-state index < -0.39 is 5.97 Å². The number of anilines is 1. The van der Waals surface area contributed by atoms with Crippen LogP contribution in [0.5, 0.6) is 0 Å². The molecule has 1 fully saturated rings. The van der Waals surface area contributed by atoms with Crippen LogP contribution in [0.2, 0.25) is 0 Å². The van der Waals surface area contributed by atoms with Crippen molar-refractivity contribution in [2.75, 3.05) is 25.0 Å². The standard InChI is InChI=1S/C42H52FN7O3/c1-25(2)50-20-18-38-36(24-50)45-40(48(38)6)41(51)46-34-12-8-11-32(27(34)4)31-10-7-9-30(26(31)3)21-33(43)39-44-35-23-49(19-17-37(35)47(39)5)22-28-13-15-29(16-14-28)42(52)53/h7-12,21,25,28-29H,13-20,22-24H2,1-6H3,(H,46,51)(H,52,53)/b33-21-/t28-,29-. The number of carboxylic acids is 1. The molecule has 4 aromatic rings. The van der Waals surface area contributed by atoms with Crippen LogP contribution in [0.4, 0.5) is 10.1 Å². The van der Waals surface area contributed by atoms with E-state index in [1.165, 1.54) is 0 Å². The molecule has 53 heavy (non-hydrogen) atoms. The summed E-state index contributed by atoms with van der Waals surface area (Å²) in [7, 11) is 3.81. The van der Waals surface area contributed by atoms with E-state index in [4.69, 9.17) is 9.97 Å². The summed E-state index contributed by atoms with van der Waals surface area (Å²) in [6.45, 7) is 12.6. The first-order valence-electron chi connectivity index (χ1n) is 19.1. The number of benzene rings is 2. The summed E-state index contributed by atoms with van der Waals surface area (Å²) in [6, 6.07) is 12.2. The minimum Gasteiger partial charge on any atom is -0.481 e. The van der Waals surface area contributed by atoms with Crippen molar-refractivity contribution >= 4 is 29.5 Å². The lowest BCUT2D eigenvalue weighted by atomic mass is 9.81. The Morgan fingerprint density at radius 3 is 2.21 bits per heavy atom. The number of carbonyl (C=O) groups excluding carboxylic acids is 1. The molecule has 0 bridgehead atoms. The highest BCUT2D eigenvalue weighted by Crippen LogP contribution is 2.35. The van der Waals surface area contributed by atoms with Crippen LogP contribution in [0.25, 0.3) is 23.0 Å². The molecule has 11 heteroatoms. The number of carboxylic acid groups (broad SMARTS) is 1. The zero-order valence-corrected chi connectivity index (χ0v) is 31.9. The number of imidazole rings is 2. The maximum Gasteiger partial charge on any atom is 0.306 e. The quantitative estimate of drug-likeness (QED) is 0.189. The summed E-state index contributed by atoms with van der Waals surface area (Å²) in [5.41, 5.74) is 9.34. The third-order valence-corrected chi connectivity index (χ3v) is 12.0. The van der Waals surface area contributed by atoms with E-state index in [2.05, 4.69) is 29.0 Å². The Labute approximate surface area is 311 Å². The number of amides is 1. The second kappa shape index (κ2) is 15.0. The van der Waals surface area contributed by atoms with Crippen LogP contribution in [-0.4, -0.2) is 71.6 Å². The van der Waals surface area contributed by atoms with Gasteiger partial charge in [0.25, 0.3) is 5.91 Å². The van der Waals surface area contributed by atoms with Crippen molar-refractivity contribution in [2.24, 2.45) is 25.9 Å². The van der Waals surface area contributed by atoms with Gasteiger partial charge in [-0.05, 0) is 99.3 Å². The predicted molar refractivity (Wildman–Crippen MR) is 206 cm³/mol.